The highest BCUT2D eigenvalue weighted by atomic mass is 127. The van der Waals surface area contributed by atoms with Crippen LogP contribution in [0.15, 0.2) is 35.7 Å². The van der Waals surface area contributed by atoms with E-state index >= 15 is 0 Å². The lowest BCUT2D eigenvalue weighted by Gasteiger charge is -2.14. The second-order valence-corrected chi connectivity index (χ2v) is 7.03. The van der Waals surface area contributed by atoms with Crippen LogP contribution in [0.4, 0.5) is 5.69 Å². The molecule has 106 valence electrons. The molecule has 1 aromatic heterocycles. The Labute approximate surface area is 137 Å². The topological polar surface area (TPSA) is 33.5 Å². The quantitative estimate of drug-likeness (QED) is 0.741. The van der Waals surface area contributed by atoms with Gasteiger partial charge in [0.2, 0.25) is 0 Å². The highest BCUT2D eigenvalue weighted by Crippen LogP contribution is 2.16. The third-order valence-electron chi connectivity index (χ3n) is 3.04. The largest absolute Gasteiger partial charge is 0.325 e. The van der Waals surface area contributed by atoms with Gasteiger partial charge in [0.25, 0.3) is 5.91 Å². The Morgan fingerprint density at radius 3 is 2.75 bits per heavy atom. The van der Waals surface area contributed by atoms with Crippen molar-refractivity contribution in [2.75, 3.05) is 18.9 Å². The van der Waals surface area contributed by atoms with Gasteiger partial charge in [0, 0.05) is 3.57 Å². The first kappa shape index (κ1) is 15.5. The van der Waals surface area contributed by atoms with E-state index in [1.165, 1.54) is 15.3 Å². The van der Waals surface area contributed by atoms with Crippen LogP contribution in [-0.4, -0.2) is 19.5 Å². The molecule has 5 heteroatoms. The van der Waals surface area contributed by atoms with Gasteiger partial charge in [-0.05, 0) is 58.7 Å². The van der Waals surface area contributed by atoms with Gasteiger partial charge in [0.15, 0.2) is 6.54 Å². The summed E-state index contributed by atoms with van der Waals surface area (Å²) in [5, 5.41) is 5.07. The molecule has 2 N–H and O–H groups in total. The smallest absolute Gasteiger partial charge is 0.279 e. The average molecular weight is 401 g/mol. The molecule has 1 aromatic carbocycles. The van der Waals surface area contributed by atoms with Crippen molar-refractivity contribution >= 4 is 45.5 Å². The van der Waals surface area contributed by atoms with Crippen LogP contribution in [0.2, 0.25) is 0 Å². The van der Waals surface area contributed by atoms with Gasteiger partial charge in [0.1, 0.15) is 6.54 Å². The number of nitrogens with one attached hydrogen (secondary N) is 2. The number of hydrogen-bond acceptors (Lipinski definition) is 2. The van der Waals surface area contributed by atoms with E-state index < -0.39 is 0 Å². The van der Waals surface area contributed by atoms with Crippen molar-refractivity contribution in [3.8, 4) is 0 Å². The van der Waals surface area contributed by atoms with Gasteiger partial charge >= 0.3 is 0 Å². The molecule has 0 bridgehead atoms. The van der Waals surface area contributed by atoms with Gasteiger partial charge < -0.3 is 10.2 Å². The van der Waals surface area contributed by atoms with Crippen molar-refractivity contribution in [3.63, 3.8) is 0 Å². The summed E-state index contributed by atoms with van der Waals surface area (Å²) in [6.45, 7) is 3.48. The van der Waals surface area contributed by atoms with Crippen LogP contribution in [0, 0.1) is 10.5 Å². The second-order valence-electron chi connectivity index (χ2n) is 4.87. The summed E-state index contributed by atoms with van der Waals surface area (Å²) in [5.74, 6) is 0.0563. The van der Waals surface area contributed by atoms with E-state index in [0.717, 1.165) is 15.8 Å². The van der Waals surface area contributed by atoms with Crippen LogP contribution < -0.4 is 10.2 Å². The summed E-state index contributed by atoms with van der Waals surface area (Å²) in [6.07, 6.45) is 0. The van der Waals surface area contributed by atoms with E-state index in [4.69, 9.17) is 0 Å². The first-order valence-corrected chi connectivity index (χ1v) is 8.40. The summed E-state index contributed by atoms with van der Waals surface area (Å²) in [6, 6.07) is 9.94. The number of quaternary nitrogens is 1. The molecule has 0 aliphatic carbocycles. The van der Waals surface area contributed by atoms with Crippen molar-refractivity contribution in [1.29, 1.82) is 0 Å². The van der Waals surface area contributed by atoms with E-state index in [1.807, 2.05) is 24.3 Å². The number of carbonyl (C=O) groups is 1. The molecule has 1 atom stereocenters. The number of amides is 1. The Balaban J connectivity index is 1.88. The number of carbonyl (C=O) groups excluding carboxylic acids is 1. The minimum atomic E-state index is 0.0563. The number of anilines is 1. The fourth-order valence-corrected chi connectivity index (χ4v) is 3.50. The van der Waals surface area contributed by atoms with Crippen molar-refractivity contribution in [2.45, 2.75) is 13.5 Å². The normalized spacial score (nSPS) is 12.2. The van der Waals surface area contributed by atoms with Gasteiger partial charge in [-0.1, -0.05) is 12.1 Å². The lowest BCUT2D eigenvalue weighted by molar-refractivity contribution is -0.884. The Bertz CT molecular complexity index is 597. The predicted molar refractivity (Wildman–Crippen MR) is 92.3 cm³/mol. The average Bonchev–Trinajstić information content (AvgIpc) is 2.77. The van der Waals surface area contributed by atoms with E-state index in [1.54, 1.807) is 11.3 Å². The molecule has 3 nitrogen and oxygen atoms in total. The molecular weight excluding hydrogens is 383 g/mol. The zero-order valence-electron chi connectivity index (χ0n) is 11.6. The Hall–Kier alpha value is -0.920. The van der Waals surface area contributed by atoms with E-state index in [-0.39, 0.29) is 5.91 Å². The monoisotopic (exact) mass is 401 g/mol. The number of halogens is 1. The number of aryl methyl sites for hydroxylation is 1. The number of para-hydroxylation sites is 1. The maximum Gasteiger partial charge on any atom is 0.279 e. The predicted octanol–water partition coefficient (Wildman–Crippen LogP) is 2.31. The molecule has 1 amide bonds. The van der Waals surface area contributed by atoms with E-state index in [0.29, 0.717) is 6.54 Å². The molecule has 1 unspecified atom stereocenters. The standard InChI is InChI=1S/C15H17IN2OS/c1-11-7-8-20-14(11)9-18(2)10-15(19)17-13-6-4-3-5-12(13)16/h3-8H,9-10H2,1-2H3,(H,17,19)/p+1. The highest BCUT2D eigenvalue weighted by Gasteiger charge is 2.13. The molecule has 2 aromatic rings. The molecule has 2 rings (SSSR count). The Morgan fingerprint density at radius 1 is 1.35 bits per heavy atom. The first-order valence-electron chi connectivity index (χ1n) is 6.45. The van der Waals surface area contributed by atoms with Gasteiger partial charge in [-0.15, -0.1) is 11.3 Å². The summed E-state index contributed by atoms with van der Waals surface area (Å²) >= 11 is 3.99. The zero-order valence-corrected chi connectivity index (χ0v) is 14.5. The Kier molecular flexibility index (Phi) is 5.56. The third-order valence-corrected chi connectivity index (χ3v) is 5.00. The van der Waals surface area contributed by atoms with Crippen molar-refractivity contribution in [1.82, 2.24) is 0 Å². The van der Waals surface area contributed by atoms with Crippen molar-refractivity contribution in [3.05, 3.63) is 49.7 Å². The van der Waals surface area contributed by atoms with Crippen molar-refractivity contribution < 1.29 is 9.69 Å². The van der Waals surface area contributed by atoms with Gasteiger partial charge in [0.05, 0.1) is 17.6 Å². The van der Waals surface area contributed by atoms with Gasteiger partial charge in [-0.3, -0.25) is 4.79 Å². The minimum absolute atomic E-state index is 0.0563. The number of hydrogen-bond donors (Lipinski definition) is 2. The molecule has 0 aliphatic heterocycles. The molecule has 0 saturated carbocycles. The molecule has 1 heterocycles. The maximum absolute atomic E-state index is 12.1. The van der Waals surface area contributed by atoms with E-state index in [2.05, 4.69) is 53.3 Å². The molecule has 0 fully saturated rings. The summed E-state index contributed by atoms with van der Waals surface area (Å²) in [5.41, 5.74) is 2.20. The maximum atomic E-state index is 12.1. The van der Waals surface area contributed by atoms with Crippen LogP contribution in [0.1, 0.15) is 10.4 Å². The second kappa shape index (κ2) is 7.19. The molecule has 20 heavy (non-hydrogen) atoms. The molecule has 0 aliphatic rings. The number of rotatable bonds is 5. The summed E-state index contributed by atoms with van der Waals surface area (Å²) < 4.78 is 1.06. The zero-order chi connectivity index (χ0) is 14.5. The molecule has 0 radical (unpaired) electrons. The van der Waals surface area contributed by atoms with Crippen LogP contribution in [-0.2, 0) is 11.3 Å². The summed E-state index contributed by atoms with van der Waals surface area (Å²) in [4.78, 5) is 14.6. The third kappa shape index (κ3) is 4.29. The number of benzene rings is 1. The fourth-order valence-electron chi connectivity index (χ4n) is 1.95. The van der Waals surface area contributed by atoms with Crippen LogP contribution in [0.5, 0.6) is 0 Å². The highest BCUT2D eigenvalue weighted by molar-refractivity contribution is 14.1. The van der Waals surface area contributed by atoms with Crippen molar-refractivity contribution in [2.24, 2.45) is 0 Å². The van der Waals surface area contributed by atoms with E-state index in [9.17, 15) is 4.79 Å². The SMILES string of the molecule is Cc1ccsc1C[NH+](C)CC(=O)Nc1ccccc1I. The van der Waals surface area contributed by atoms with Gasteiger partial charge in [-0.2, -0.15) is 0 Å². The first-order chi connectivity index (χ1) is 9.56. The van der Waals surface area contributed by atoms with Gasteiger partial charge in [-0.25, -0.2) is 0 Å². The fraction of sp³-hybridized carbons (Fsp3) is 0.267. The van der Waals surface area contributed by atoms with Crippen LogP contribution in [0.25, 0.3) is 0 Å². The Morgan fingerprint density at radius 2 is 2.10 bits per heavy atom. The lowest BCUT2D eigenvalue weighted by atomic mass is 10.3. The lowest BCUT2D eigenvalue weighted by Crippen LogP contribution is -3.08. The van der Waals surface area contributed by atoms with Crippen LogP contribution >= 0.6 is 33.9 Å². The minimum Gasteiger partial charge on any atom is -0.325 e. The number of likely N-dealkylation sites (N-methyl/N-ethyl adjacent to an activating group) is 1. The molecule has 0 saturated heterocycles. The molecule has 0 spiro atoms. The number of thiophene rings is 1. The summed E-state index contributed by atoms with van der Waals surface area (Å²) in [7, 11) is 2.05. The molecular formula is C15H18IN2OS+. The van der Waals surface area contributed by atoms with Crippen LogP contribution in [0.3, 0.4) is 0 Å².